The summed E-state index contributed by atoms with van der Waals surface area (Å²) in [6, 6.07) is 15.7. The van der Waals surface area contributed by atoms with Gasteiger partial charge in [0.1, 0.15) is 5.75 Å². The molecule has 2 aromatic carbocycles. The van der Waals surface area contributed by atoms with Crippen molar-refractivity contribution in [1.29, 1.82) is 0 Å². The van der Waals surface area contributed by atoms with Crippen molar-refractivity contribution < 1.29 is 27.8 Å². The zero-order valence-electron chi connectivity index (χ0n) is 18.1. The van der Waals surface area contributed by atoms with Gasteiger partial charge in [-0.15, -0.1) is 13.2 Å². The normalized spacial score (nSPS) is 16.1. The number of carbonyl (C=O) groups is 1. The summed E-state index contributed by atoms with van der Waals surface area (Å²) in [7, 11) is 0. The van der Waals surface area contributed by atoms with E-state index in [0.29, 0.717) is 35.4 Å². The summed E-state index contributed by atoms with van der Waals surface area (Å²) < 4.78 is 44.1. The molecule has 0 unspecified atom stereocenters. The standard InChI is InChI=1S/C24H19F3N4O4/c25-24(26,27)35-19-9-5-16(6-10-19)15-3-7-17(8-4-15)30-20-2-1-12-28-21(20)31(22(30)32)18-11-13-29(14-18)23(33)34/h1-10,12,18H,11,13-14H2,(H,33,34)/t18-/m0/s1. The van der Waals surface area contributed by atoms with Gasteiger partial charge in [-0.2, -0.15) is 0 Å². The van der Waals surface area contributed by atoms with E-state index in [-0.39, 0.29) is 24.0 Å². The number of alkyl halides is 3. The predicted molar refractivity (Wildman–Crippen MR) is 121 cm³/mol. The molecule has 180 valence electrons. The first-order valence-electron chi connectivity index (χ1n) is 10.7. The molecule has 0 spiro atoms. The molecule has 1 atom stereocenters. The predicted octanol–water partition coefficient (Wildman–Crippen LogP) is 4.68. The molecule has 1 N–H and O–H groups in total. The van der Waals surface area contributed by atoms with E-state index in [9.17, 15) is 27.9 Å². The quantitative estimate of drug-likeness (QED) is 0.455. The van der Waals surface area contributed by atoms with Crippen molar-refractivity contribution >= 4 is 17.3 Å². The molecule has 1 aliphatic heterocycles. The van der Waals surface area contributed by atoms with Crippen LogP contribution in [0.2, 0.25) is 0 Å². The van der Waals surface area contributed by atoms with Crippen LogP contribution >= 0.6 is 0 Å². The highest BCUT2D eigenvalue weighted by Crippen LogP contribution is 2.29. The molecule has 35 heavy (non-hydrogen) atoms. The molecule has 0 saturated carbocycles. The van der Waals surface area contributed by atoms with E-state index in [0.717, 1.165) is 5.56 Å². The van der Waals surface area contributed by atoms with Crippen LogP contribution in [0.4, 0.5) is 18.0 Å². The molecule has 1 saturated heterocycles. The number of pyridine rings is 1. The van der Waals surface area contributed by atoms with Gasteiger partial charge in [-0.05, 0) is 53.9 Å². The molecular formula is C24H19F3N4O4. The summed E-state index contributed by atoms with van der Waals surface area (Å²) in [6.45, 7) is 0.547. The molecule has 0 aliphatic carbocycles. The molecule has 3 heterocycles. The number of nitrogens with zero attached hydrogens (tertiary/aromatic N) is 4. The van der Waals surface area contributed by atoms with Gasteiger partial charge in [-0.3, -0.25) is 9.13 Å². The molecule has 8 nitrogen and oxygen atoms in total. The Morgan fingerprint density at radius 3 is 2.29 bits per heavy atom. The van der Waals surface area contributed by atoms with Gasteiger partial charge >= 0.3 is 18.1 Å². The lowest BCUT2D eigenvalue weighted by atomic mass is 10.1. The number of hydrogen-bond acceptors (Lipinski definition) is 4. The van der Waals surface area contributed by atoms with Gasteiger partial charge in [0.15, 0.2) is 5.65 Å². The zero-order chi connectivity index (χ0) is 24.7. The number of fused-ring (bicyclic) bond motifs is 1. The van der Waals surface area contributed by atoms with Gasteiger partial charge in [0, 0.05) is 19.3 Å². The second kappa shape index (κ2) is 8.49. The number of amides is 1. The monoisotopic (exact) mass is 484 g/mol. The van der Waals surface area contributed by atoms with Gasteiger partial charge in [-0.25, -0.2) is 14.6 Å². The second-order valence-corrected chi connectivity index (χ2v) is 8.12. The Balaban J connectivity index is 1.48. The molecule has 2 aromatic heterocycles. The highest BCUT2D eigenvalue weighted by Gasteiger charge is 2.32. The SMILES string of the molecule is O=C(O)N1CC[C@H](n2c(=O)n(-c3ccc(-c4ccc(OC(F)(F)F)cc4)cc3)c3cccnc32)C1. The molecule has 1 amide bonds. The zero-order valence-corrected chi connectivity index (χ0v) is 18.1. The Bertz CT molecular complexity index is 1440. The largest absolute Gasteiger partial charge is 0.573 e. The molecular weight excluding hydrogens is 465 g/mol. The Morgan fingerprint density at radius 1 is 1.03 bits per heavy atom. The van der Waals surface area contributed by atoms with Crippen molar-refractivity contribution in [2.75, 3.05) is 13.1 Å². The van der Waals surface area contributed by atoms with E-state index in [2.05, 4.69) is 9.72 Å². The topological polar surface area (TPSA) is 89.6 Å². The molecule has 5 rings (SSSR count). The summed E-state index contributed by atoms with van der Waals surface area (Å²) in [5, 5.41) is 9.29. The van der Waals surface area contributed by atoms with E-state index in [4.69, 9.17) is 0 Å². The average molecular weight is 484 g/mol. The lowest BCUT2D eigenvalue weighted by molar-refractivity contribution is -0.274. The fourth-order valence-corrected chi connectivity index (χ4v) is 4.41. The van der Waals surface area contributed by atoms with Crippen molar-refractivity contribution in [1.82, 2.24) is 19.0 Å². The molecule has 1 fully saturated rings. The minimum absolute atomic E-state index is 0.206. The fraction of sp³-hybridized carbons (Fsp3) is 0.208. The minimum Gasteiger partial charge on any atom is -0.465 e. The van der Waals surface area contributed by atoms with E-state index < -0.39 is 12.5 Å². The lowest BCUT2D eigenvalue weighted by Gasteiger charge is -2.13. The fourth-order valence-electron chi connectivity index (χ4n) is 4.41. The number of halogens is 3. The summed E-state index contributed by atoms with van der Waals surface area (Å²) in [6.07, 6.45) is -3.68. The first-order valence-corrected chi connectivity index (χ1v) is 10.7. The van der Waals surface area contributed by atoms with E-state index in [1.807, 2.05) is 0 Å². The maximum absolute atomic E-state index is 13.5. The lowest BCUT2D eigenvalue weighted by Crippen LogP contribution is -2.31. The molecule has 0 radical (unpaired) electrons. The number of imidazole rings is 1. The third kappa shape index (κ3) is 4.32. The Hall–Kier alpha value is -4.28. The number of carboxylic acid groups (broad SMARTS) is 1. The average Bonchev–Trinajstić information content (AvgIpc) is 3.41. The number of aromatic nitrogens is 3. The Kier molecular flexibility index (Phi) is 5.46. The maximum Gasteiger partial charge on any atom is 0.573 e. The van der Waals surface area contributed by atoms with Crippen LogP contribution in [-0.2, 0) is 0 Å². The highest BCUT2D eigenvalue weighted by molar-refractivity contribution is 5.75. The third-order valence-electron chi connectivity index (χ3n) is 5.98. The van der Waals surface area contributed by atoms with Crippen molar-refractivity contribution in [2.24, 2.45) is 0 Å². The molecule has 11 heteroatoms. The number of benzene rings is 2. The van der Waals surface area contributed by atoms with E-state index >= 15 is 0 Å². The van der Waals surface area contributed by atoms with Gasteiger partial charge in [0.05, 0.1) is 17.2 Å². The molecule has 4 aromatic rings. The maximum atomic E-state index is 13.5. The first kappa shape index (κ1) is 22.5. The van der Waals surface area contributed by atoms with Crippen LogP contribution in [-0.4, -0.2) is 49.7 Å². The van der Waals surface area contributed by atoms with E-state index in [1.54, 1.807) is 47.2 Å². The van der Waals surface area contributed by atoms with Crippen LogP contribution in [0.5, 0.6) is 5.75 Å². The van der Waals surface area contributed by atoms with Crippen LogP contribution in [0.1, 0.15) is 12.5 Å². The summed E-state index contributed by atoms with van der Waals surface area (Å²) in [5.41, 5.74) is 2.75. The summed E-state index contributed by atoms with van der Waals surface area (Å²) in [4.78, 5) is 30.5. The summed E-state index contributed by atoms with van der Waals surface area (Å²) >= 11 is 0. The smallest absolute Gasteiger partial charge is 0.465 e. The van der Waals surface area contributed by atoms with Crippen LogP contribution < -0.4 is 10.4 Å². The number of ether oxygens (including phenoxy) is 1. The Morgan fingerprint density at radius 2 is 1.69 bits per heavy atom. The number of likely N-dealkylation sites (tertiary alicyclic amines) is 1. The second-order valence-electron chi connectivity index (χ2n) is 8.12. The summed E-state index contributed by atoms with van der Waals surface area (Å²) in [5.74, 6) is -0.307. The van der Waals surface area contributed by atoms with Gasteiger partial charge in [-0.1, -0.05) is 24.3 Å². The van der Waals surface area contributed by atoms with Crippen LogP contribution in [0.3, 0.4) is 0 Å². The number of rotatable bonds is 4. The highest BCUT2D eigenvalue weighted by atomic mass is 19.4. The first-order chi connectivity index (χ1) is 16.7. The minimum atomic E-state index is -4.76. The van der Waals surface area contributed by atoms with Crippen LogP contribution in [0.15, 0.2) is 71.7 Å². The molecule has 0 bridgehead atoms. The van der Waals surface area contributed by atoms with Crippen molar-refractivity contribution in [3.8, 4) is 22.6 Å². The van der Waals surface area contributed by atoms with E-state index in [1.165, 1.54) is 33.7 Å². The third-order valence-corrected chi connectivity index (χ3v) is 5.98. The van der Waals surface area contributed by atoms with Crippen LogP contribution in [0.25, 0.3) is 28.0 Å². The number of hydrogen-bond donors (Lipinski definition) is 1. The molecule has 1 aliphatic rings. The van der Waals surface area contributed by atoms with Crippen molar-refractivity contribution in [3.05, 3.63) is 77.3 Å². The van der Waals surface area contributed by atoms with Gasteiger partial charge in [0.25, 0.3) is 0 Å². The Labute approximate surface area is 196 Å². The van der Waals surface area contributed by atoms with Gasteiger partial charge < -0.3 is 14.7 Å². The van der Waals surface area contributed by atoms with Crippen LogP contribution in [0, 0.1) is 0 Å². The van der Waals surface area contributed by atoms with Gasteiger partial charge in [0.2, 0.25) is 0 Å². The van der Waals surface area contributed by atoms with Crippen molar-refractivity contribution in [3.63, 3.8) is 0 Å². The van der Waals surface area contributed by atoms with Crippen molar-refractivity contribution in [2.45, 2.75) is 18.8 Å².